The number of carbonyl (C=O) groups excluding carboxylic acids is 1. The highest BCUT2D eigenvalue weighted by Gasteiger charge is 2.12. The van der Waals surface area contributed by atoms with Gasteiger partial charge in [0.2, 0.25) is 0 Å². The highest BCUT2D eigenvalue weighted by Crippen LogP contribution is 2.29. The summed E-state index contributed by atoms with van der Waals surface area (Å²) in [6.07, 6.45) is 0. The number of nitrogens with two attached hydrogens (primary N) is 1. The first-order valence-corrected chi connectivity index (χ1v) is 6.53. The van der Waals surface area contributed by atoms with Crippen molar-refractivity contribution in [2.24, 2.45) is 0 Å². The largest absolute Gasteiger partial charge is 0.396 e. The lowest BCUT2D eigenvalue weighted by atomic mass is 10.2. The number of hydrogen-bond donors (Lipinski definition) is 2. The van der Waals surface area contributed by atoms with Crippen molar-refractivity contribution in [1.29, 1.82) is 0 Å². The molecule has 1 amide bonds. The lowest BCUT2D eigenvalue weighted by molar-refractivity contribution is 0.102. The average molecular weight is 334 g/mol. The SMILES string of the molecule is Nc1c(Cl)cc(C(=O)Nc2ccc(F)c(Cl)c2)cc1Cl. The second-order valence-corrected chi connectivity index (χ2v) is 5.16. The molecule has 0 unspecified atom stereocenters. The molecule has 3 N–H and O–H groups in total. The highest BCUT2D eigenvalue weighted by atomic mass is 35.5. The summed E-state index contributed by atoms with van der Waals surface area (Å²) >= 11 is 17.3. The minimum Gasteiger partial charge on any atom is -0.396 e. The Morgan fingerprint density at radius 3 is 2.20 bits per heavy atom. The number of halogens is 4. The van der Waals surface area contributed by atoms with Gasteiger partial charge in [-0.3, -0.25) is 4.79 Å². The van der Waals surface area contributed by atoms with E-state index in [0.29, 0.717) is 5.69 Å². The Kier molecular flexibility index (Phi) is 4.38. The fourth-order valence-corrected chi connectivity index (χ4v) is 2.16. The van der Waals surface area contributed by atoms with Crippen LogP contribution in [0.5, 0.6) is 0 Å². The normalized spacial score (nSPS) is 10.4. The third-order valence-electron chi connectivity index (χ3n) is 2.52. The van der Waals surface area contributed by atoms with E-state index in [4.69, 9.17) is 40.5 Å². The third kappa shape index (κ3) is 3.15. The number of rotatable bonds is 2. The predicted molar refractivity (Wildman–Crippen MR) is 80.2 cm³/mol. The van der Waals surface area contributed by atoms with Crippen molar-refractivity contribution in [2.45, 2.75) is 0 Å². The van der Waals surface area contributed by atoms with Gasteiger partial charge in [0.1, 0.15) is 5.82 Å². The number of nitrogen functional groups attached to an aromatic ring is 1. The molecule has 0 bridgehead atoms. The molecular weight excluding hydrogens is 326 g/mol. The van der Waals surface area contributed by atoms with Crippen molar-refractivity contribution >= 4 is 52.1 Å². The maximum atomic E-state index is 13.0. The topological polar surface area (TPSA) is 55.1 Å². The second-order valence-electron chi connectivity index (χ2n) is 3.94. The summed E-state index contributed by atoms with van der Waals surface area (Å²) in [5.41, 5.74) is 6.37. The lowest BCUT2D eigenvalue weighted by Crippen LogP contribution is -2.12. The van der Waals surface area contributed by atoms with Gasteiger partial charge < -0.3 is 11.1 Å². The summed E-state index contributed by atoms with van der Waals surface area (Å²) < 4.78 is 13.0. The van der Waals surface area contributed by atoms with Gasteiger partial charge in [-0.05, 0) is 30.3 Å². The Bertz CT molecular complexity index is 668. The van der Waals surface area contributed by atoms with Crippen molar-refractivity contribution in [3.05, 3.63) is 56.8 Å². The molecule has 20 heavy (non-hydrogen) atoms. The van der Waals surface area contributed by atoms with E-state index in [-0.39, 0.29) is 26.3 Å². The molecule has 0 saturated carbocycles. The van der Waals surface area contributed by atoms with E-state index in [9.17, 15) is 9.18 Å². The Labute approximate surface area is 129 Å². The minimum absolute atomic E-state index is 0.0869. The summed E-state index contributed by atoms with van der Waals surface area (Å²) in [7, 11) is 0. The van der Waals surface area contributed by atoms with Gasteiger partial charge in [-0.1, -0.05) is 34.8 Å². The Hall–Kier alpha value is -1.49. The van der Waals surface area contributed by atoms with Crippen molar-refractivity contribution in [3.63, 3.8) is 0 Å². The van der Waals surface area contributed by atoms with Gasteiger partial charge in [-0.2, -0.15) is 0 Å². The van der Waals surface area contributed by atoms with Gasteiger partial charge in [0.25, 0.3) is 5.91 Å². The van der Waals surface area contributed by atoms with Crippen molar-refractivity contribution in [2.75, 3.05) is 11.1 Å². The fourth-order valence-electron chi connectivity index (χ4n) is 1.49. The van der Waals surface area contributed by atoms with E-state index in [1.165, 1.54) is 24.3 Å². The number of amides is 1. The molecule has 2 aromatic rings. The minimum atomic E-state index is -0.566. The summed E-state index contributed by atoms with van der Waals surface area (Å²) in [4.78, 5) is 12.0. The third-order valence-corrected chi connectivity index (χ3v) is 3.43. The van der Waals surface area contributed by atoms with Crippen molar-refractivity contribution in [3.8, 4) is 0 Å². The molecule has 2 rings (SSSR count). The average Bonchev–Trinajstić information content (AvgIpc) is 2.39. The summed E-state index contributed by atoms with van der Waals surface area (Å²) in [5, 5.41) is 2.83. The Morgan fingerprint density at radius 1 is 1.05 bits per heavy atom. The van der Waals surface area contributed by atoms with Crippen LogP contribution in [0.3, 0.4) is 0 Å². The first-order chi connectivity index (χ1) is 9.38. The number of benzene rings is 2. The zero-order valence-electron chi connectivity index (χ0n) is 9.88. The molecule has 0 saturated heterocycles. The van der Waals surface area contributed by atoms with Gasteiger partial charge in [0.15, 0.2) is 0 Å². The van der Waals surface area contributed by atoms with Crippen molar-refractivity contribution in [1.82, 2.24) is 0 Å². The van der Waals surface area contributed by atoms with E-state index < -0.39 is 11.7 Å². The van der Waals surface area contributed by atoms with E-state index >= 15 is 0 Å². The van der Waals surface area contributed by atoms with Crippen LogP contribution in [0.1, 0.15) is 10.4 Å². The molecule has 2 aromatic carbocycles. The van der Waals surface area contributed by atoms with E-state index in [0.717, 1.165) is 6.07 Å². The molecular formula is C13H8Cl3FN2O. The molecule has 0 aliphatic carbocycles. The molecule has 0 fully saturated rings. The van der Waals surface area contributed by atoms with Gasteiger partial charge >= 0.3 is 0 Å². The molecule has 104 valence electrons. The molecule has 0 aliphatic heterocycles. The standard InChI is InChI=1S/C13H8Cl3FN2O/c14-8-5-7(1-2-11(8)17)19-13(20)6-3-9(15)12(18)10(16)4-6/h1-5H,18H2,(H,19,20). The smallest absolute Gasteiger partial charge is 0.255 e. The number of hydrogen-bond acceptors (Lipinski definition) is 2. The number of nitrogens with one attached hydrogen (secondary N) is 1. The maximum Gasteiger partial charge on any atom is 0.255 e. The van der Waals surface area contributed by atoms with Gasteiger partial charge in [-0.25, -0.2) is 4.39 Å². The molecule has 0 radical (unpaired) electrons. The molecule has 3 nitrogen and oxygen atoms in total. The molecule has 0 heterocycles. The quantitative estimate of drug-likeness (QED) is 0.788. The van der Waals surface area contributed by atoms with Crippen molar-refractivity contribution < 1.29 is 9.18 Å². The lowest BCUT2D eigenvalue weighted by Gasteiger charge is -2.08. The van der Waals surface area contributed by atoms with Crippen LogP contribution < -0.4 is 11.1 Å². The van der Waals surface area contributed by atoms with Gasteiger partial charge in [0.05, 0.1) is 20.8 Å². The summed E-state index contributed by atoms with van der Waals surface area (Å²) in [6, 6.07) is 6.63. The van der Waals surface area contributed by atoms with E-state index in [1.54, 1.807) is 0 Å². The van der Waals surface area contributed by atoms with Crippen LogP contribution in [0.25, 0.3) is 0 Å². The Morgan fingerprint density at radius 2 is 1.65 bits per heavy atom. The first kappa shape index (κ1) is 14.9. The van der Waals surface area contributed by atoms with E-state index in [1.807, 2.05) is 0 Å². The van der Waals surface area contributed by atoms with E-state index in [2.05, 4.69) is 5.32 Å². The van der Waals surface area contributed by atoms with Gasteiger partial charge in [0, 0.05) is 11.3 Å². The number of anilines is 2. The highest BCUT2D eigenvalue weighted by molar-refractivity contribution is 6.39. The molecule has 7 heteroatoms. The molecule has 0 aromatic heterocycles. The monoisotopic (exact) mass is 332 g/mol. The van der Waals surface area contributed by atoms with Crippen LogP contribution in [0.4, 0.5) is 15.8 Å². The fraction of sp³-hybridized carbons (Fsp3) is 0. The summed E-state index contributed by atoms with van der Waals surface area (Å²) in [6.45, 7) is 0. The van der Waals surface area contributed by atoms with Crippen LogP contribution >= 0.6 is 34.8 Å². The molecule has 0 spiro atoms. The van der Waals surface area contributed by atoms with Crippen LogP contribution in [0, 0.1) is 5.82 Å². The Balaban J connectivity index is 2.26. The predicted octanol–water partition coefficient (Wildman–Crippen LogP) is 4.62. The zero-order chi connectivity index (χ0) is 14.9. The number of carbonyl (C=O) groups is 1. The molecule has 0 atom stereocenters. The van der Waals surface area contributed by atoms with Crippen LogP contribution in [-0.2, 0) is 0 Å². The van der Waals surface area contributed by atoms with Crippen LogP contribution in [0.2, 0.25) is 15.1 Å². The zero-order valence-corrected chi connectivity index (χ0v) is 12.2. The summed E-state index contributed by atoms with van der Waals surface area (Å²) in [5.74, 6) is -1.03. The van der Waals surface area contributed by atoms with Crippen LogP contribution in [-0.4, -0.2) is 5.91 Å². The molecule has 0 aliphatic rings. The van der Waals surface area contributed by atoms with Gasteiger partial charge in [-0.15, -0.1) is 0 Å². The first-order valence-electron chi connectivity index (χ1n) is 5.39. The van der Waals surface area contributed by atoms with Crippen LogP contribution in [0.15, 0.2) is 30.3 Å². The maximum absolute atomic E-state index is 13.0. The second kappa shape index (κ2) is 5.87.